The van der Waals surface area contributed by atoms with E-state index in [9.17, 15) is 9.59 Å². The van der Waals surface area contributed by atoms with Crippen molar-refractivity contribution in [1.82, 2.24) is 9.78 Å². The second-order valence-corrected chi connectivity index (χ2v) is 6.12. The largest absolute Gasteiger partial charge is 0.324 e. The van der Waals surface area contributed by atoms with Crippen LogP contribution in [0.1, 0.15) is 41.4 Å². The molecule has 23 heavy (non-hydrogen) atoms. The van der Waals surface area contributed by atoms with Gasteiger partial charge < -0.3 is 10.2 Å². The van der Waals surface area contributed by atoms with Crippen molar-refractivity contribution in [3.8, 4) is 0 Å². The average Bonchev–Trinajstić information content (AvgIpc) is 3.32. The first kappa shape index (κ1) is 14.0. The molecule has 1 fully saturated rings. The van der Waals surface area contributed by atoms with E-state index >= 15 is 0 Å². The number of carbonyl (C=O) groups excluding carboxylic acids is 2. The van der Waals surface area contributed by atoms with Crippen LogP contribution in [0.2, 0.25) is 0 Å². The number of aromatic nitrogens is 2. The van der Waals surface area contributed by atoms with Crippen molar-refractivity contribution in [3.63, 3.8) is 0 Å². The van der Waals surface area contributed by atoms with E-state index in [0.29, 0.717) is 23.8 Å². The van der Waals surface area contributed by atoms with Crippen molar-refractivity contribution in [1.29, 1.82) is 0 Å². The number of nitrogens with one attached hydrogen (secondary N) is 1. The number of para-hydroxylation sites is 2. The Labute approximate surface area is 134 Å². The fourth-order valence-corrected chi connectivity index (χ4v) is 3.06. The number of carbonyl (C=O) groups is 2. The molecule has 0 saturated heterocycles. The van der Waals surface area contributed by atoms with E-state index in [2.05, 4.69) is 10.4 Å². The molecule has 2 heterocycles. The lowest BCUT2D eigenvalue weighted by Crippen LogP contribution is -2.32. The van der Waals surface area contributed by atoms with Gasteiger partial charge in [0.15, 0.2) is 5.69 Å². The zero-order chi connectivity index (χ0) is 16.0. The molecule has 118 valence electrons. The van der Waals surface area contributed by atoms with Gasteiger partial charge in [0.2, 0.25) is 5.91 Å². The highest BCUT2D eigenvalue weighted by molar-refractivity contribution is 6.09. The summed E-state index contributed by atoms with van der Waals surface area (Å²) < 4.78 is 1.80. The first-order chi connectivity index (χ1) is 11.1. The summed E-state index contributed by atoms with van der Waals surface area (Å²) in [5.41, 5.74) is 2.95. The Morgan fingerprint density at radius 1 is 1.30 bits per heavy atom. The van der Waals surface area contributed by atoms with Crippen LogP contribution in [0.15, 0.2) is 30.3 Å². The Bertz CT molecular complexity index is 792. The zero-order valence-electron chi connectivity index (χ0n) is 13.0. The Balaban J connectivity index is 1.70. The lowest BCUT2D eigenvalue weighted by atomic mass is 10.2. The van der Waals surface area contributed by atoms with Gasteiger partial charge in [-0.3, -0.25) is 14.3 Å². The minimum absolute atomic E-state index is 0.0764. The molecule has 2 aliphatic rings. The summed E-state index contributed by atoms with van der Waals surface area (Å²) in [7, 11) is 1.88. The summed E-state index contributed by atoms with van der Waals surface area (Å²) in [6.45, 7) is 0.358. The van der Waals surface area contributed by atoms with Gasteiger partial charge in [-0.1, -0.05) is 12.1 Å². The number of nitrogens with zero attached hydrogens (tertiary/aromatic N) is 3. The van der Waals surface area contributed by atoms with E-state index in [1.807, 2.05) is 37.4 Å². The van der Waals surface area contributed by atoms with Crippen LogP contribution in [0, 0.1) is 0 Å². The maximum atomic E-state index is 12.9. The Morgan fingerprint density at radius 2 is 2.09 bits per heavy atom. The molecule has 0 spiro atoms. The third-order valence-corrected chi connectivity index (χ3v) is 4.41. The van der Waals surface area contributed by atoms with Gasteiger partial charge in [0.05, 0.1) is 11.4 Å². The molecule has 2 amide bonds. The molecule has 4 rings (SSSR count). The highest BCUT2D eigenvalue weighted by Crippen LogP contribution is 2.40. The predicted octanol–water partition coefficient (Wildman–Crippen LogP) is 2.29. The summed E-state index contributed by atoms with van der Waals surface area (Å²) in [5.74, 6) is 0.303. The van der Waals surface area contributed by atoms with Crippen LogP contribution in [-0.4, -0.2) is 28.1 Å². The summed E-state index contributed by atoms with van der Waals surface area (Å²) in [6.07, 6.45) is 2.61. The summed E-state index contributed by atoms with van der Waals surface area (Å²) in [4.78, 5) is 26.4. The highest BCUT2D eigenvalue weighted by Gasteiger charge is 2.31. The van der Waals surface area contributed by atoms with Crippen LogP contribution in [0.4, 0.5) is 11.4 Å². The molecule has 0 bridgehead atoms. The Hall–Kier alpha value is -2.63. The van der Waals surface area contributed by atoms with Gasteiger partial charge in [-0.25, -0.2) is 0 Å². The van der Waals surface area contributed by atoms with Gasteiger partial charge in [-0.05, 0) is 31.0 Å². The molecule has 1 N–H and O–H groups in total. The van der Waals surface area contributed by atoms with Crippen LogP contribution in [0.3, 0.4) is 0 Å². The van der Waals surface area contributed by atoms with Gasteiger partial charge in [0, 0.05) is 31.6 Å². The number of rotatable bonds is 2. The van der Waals surface area contributed by atoms with E-state index in [0.717, 1.165) is 24.2 Å². The quantitative estimate of drug-likeness (QED) is 0.925. The molecule has 1 saturated carbocycles. The first-order valence-corrected chi connectivity index (χ1v) is 7.88. The number of anilines is 2. The summed E-state index contributed by atoms with van der Waals surface area (Å²) in [5, 5.41) is 7.23. The van der Waals surface area contributed by atoms with Crippen LogP contribution in [0.5, 0.6) is 0 Å². The van der Waals surface area contributed by atoms with Crippen molar-refractivity contribution >= 4 is 23.2 Å². The van der Waals surface area contributed by atoms with E-state index in [1.165, 1.54) is 0 Å². The Morgan fingerprint density at radius 3 is 2.87 bits per heavy atom. The van der Waals surface area contributed by atoms with Crippen molar-refractivity contribution in [2.45, 2.75) is 25.2 Å². The third kappa shape index (κ3) is 2.50. The highest BCUT2D eigenvalue weighted by atomic mass is 16.2. The number of fused-ring (bicyclic) bond motifs is 1. The van der Waals surface area contributed by atoms with Crippen LogP contribution < -0.4 is 10.2 Å². The fraction of sp³-hybridized carbons (Fsp3) is 0.353. The fourth-order valence-electron chi connectivity index (χ4n) is 3.06. The molecule has 1 aliphatic carbocycles. The zero-order valence-corrected chi connectivity index (χ0v) is 13.0. The number of amides is 2. The maximum absolute atomic E-state index is 12.9. The minimum Gasteiger partial charge on any atom is -0.324 e. The van der Waals surface area contributed by atoms with Gasteiger partial charge in [0.1, 0.15) is 0 Å². The molecule has 0 unspecified atom stereocenters. The number of hydrogen-bond acceptors (Lipinski definition) is 3. The van der Waals surface area contributed by atoms with Crippen molar-refractivity contribution in [2.75, 3.05) is 16.8 Å². The molecular formula is C17H18N4O2. The third-order valence-electron chi connectivity index (χ3n) is 4.41. The van der Waals surface area contributed by atoms with E-state index in [-0.39, 0.29) is 18.2 Å². The summed E-state index contributed by atoms with van der Waals surface area (Å²) in [6, 6.07) is 9.27. The Kier molecular flexibility index (Phi) is 3.18. The molecule has 2 aromatic rings. The molecule has 6 heteroatoms. The lowest BCUT2D eigenvalue weighted by Gasteiger charge is -2.20. The van der Waals surface area contributed by atoms with Crippen LogP contribution in [0.25, 0.3) is 0 Å². The second kappa shape index (κ2) is 5.22. The molecule has 1 aromatic heterocycles. The van der Waals surface area contributed by atoms with Crippen LogP contribution >= 0.6 is 0 Å². The second-order valence-electron chi connectivity index (χ2n) is 6.12. The smallest absolute Gasteiger partial charge is 0.278 e. The molecule has 0 atom stereocenters. The van der Waals surface area contributed by atoms with Gasteiger partial charge in [-0.2, -0.15) is 5.10 Å². The minimum atomic E-state index is -0.156. The van der Waals surface area contributed by atoms with E-state index in [1.54, 1.807) is 9.58 Å². The van der Waals surface area contributed by atoms with Gasteiger partial charge in [-0.15, -0.1) is 0 Å². The predicted molar refractivity (Wildman–Crippen MR) is 86.5 cm³/mol. The van der Waals surface area contributed by atoms with Gasteiger partial charge >= 0.3 is 0 Å². The average molecular weight is 310 g/mol. The van der Waals surface area contributed by atoms with E-state index in [4.69, 9.17) is 0 Å². The van der Waals surface area contributed by atoms with Crippen molar-refractivity contribution < 1.29 is 9.59 Å². The van der Waals surface area contributed by atoms with Crippen molar-refractivity contribution in [3.05, 3.63) is 41.7 Å². The topological polar surface area (TPSA) is 67.2 Å². The molecule has 6 nitrogen and oxygen atoms in total. The molecular weight excluding hydrogens is 292 g/mol. The van der Waals surface area contributed by atoms with Crippen LogP contribution in [-0.2, 0) is 11.8 Å². The first-order valence-electron chi connectivity index (χ1n) is 7.88. The SMILES string of the molecule is Cn1nc(C(=O)N2CCC(=O)Nc3ccccc32)cc1C1CC1. The van der Waals surface area contributed by atoms with Gasteiger partial charge in [0.25, 0.3) is 5.91 Å². The molecule has 0 radical (unpaired) electrons. The van der Waals surface area contributed by atoms with Crippen molar-refractivity contribution in [2.24, 2.45) is 7.05 Å². The number of benzene rings is 1. The normalized spacial score (nSPS) is 17.4. The summed E-state index contributed by atoms with van der Waals surface area (Å²) >= 11 is 0. The molecule has 1 aromatic carbocycles. The number of aryl methyl sites for hydroxylation is 1. The standard InChI is InChI=1S/C17H18N4O2/c1-20-15(11-6-7-11)10-13(19-20)17(23)21-9-8-16(22)18-12-4-2-3-5-14(12)21/h2-5,10-11H,6-9H2,1H3,(H,18,22). The number of hydrogen-bond donors (Lipinski definition) is 1. The van der Waals surface area contributed by atoms with E-state index < -0.39 is 0 Å². The lowest BCUT2D eigenvalue weighted by molar-refractivity contribution is -0.115. The monoisotopic (exact) mass is 310 g/mol. The molecule has 1 aliphatic heterocycles. The maximum Gasteiger partial charge on any atom is 0.278 e.